The van der Waals surface area contributed by atoms with Gasteiger partial charge in [0.1, 0.15) is 0 Å². The van der Waals surface area contributed by atoms with E-state index in [1.54, 1.807) is 4.68 Å². The minimum absolute atomic E-state index is 0.188. The number of likely N-dealkylation sites (tertiary alicyclic amines) is 1. The number of carbonyl (C=O) groups is 2. The second-order valence-electron chi connectivity index (χ2n) is 6.37. The van der Waals surface area contributed by atoms with E-state index in [2.05, 4.69) is 5.10 Å². The summed E-state index contributed by atoms with van der Waals surface area (Å²) in [5.74, 6) is 0.235. The van der Waals surface area contributed by atoms with Gasteiger partial charge in [-0.1, -0.05) is 24.3 Å². The van der Waals surface area contributed by atoms with Crippen molar-refractivity contribution >= 4 is 11.9 Å². The lowest BCUT2D eigenvalue weighted by Crippen LogP contribution is -2.27. The highest BCUT2D eigenvalue weighted by molar-refractivity contribution is 5.86. The van der Waals surface area contributed by atoms with Crippen molar-refractivity contribution in [3.63, 3.8) is 0 Å². The molecule has 2 aromatic rings. The number of carboxylic acid groups (broad SMARTS) is 1. The first-order chi connectivity index (χ1) is 11.1. The molecule has 0 spiro atoms. The van der Waals surface area contributed by atoms with Gasteiger partial charge in [0.2, 0.25) is 5.91 Å². The Kier molecular flexibility index (Phi) is 3.18. The number of hydrogen-bond donors (Lipinski definition) is 1. The minimum Gasteiger partial charge on any atom is -0.478 e. The fourth-order valence-corrected chi connectivity index (χ4v) is 3.22. The topological polar surface area (TPSA) is 75.4 Å². The normalized spacial score (nSPS) is 22.3. The number of amides is 1. The summed E-state index contributed by atoms with van der Waals surface area (Å²) in [5.41, 5.74) is 2.35. The molecule has 0 bridgehead atoms. The molecule has 23 heavy (non-hydrogen) atoms. The van der Waals surface area contributed by atoms with Crippen molar-refractivity contribution in [1.82, 2.24) is 14.7 Å². The predicted molar refractivity (Wildman–Crippen MR) is 81.7 cm³/mol. The van der Waals surface area contributed by atoms with Crippen LogP contribution in [0, 0.1) is 11.8 Å². The fraction of sp³-hybridized carbons (Fsp3) is 0.353. The molecule has 1 aromatic carbocycles. The van der Waals surface area contributed by atoms with E-state index in [1.807, 2.05) is 29.2 Å². The van der Waals surface area contributed by atoms with Crippen LogP contribution in [0.5, 0.6) is 0 Å². The molecule has 1 aliphatic carbocycles. The van der Waals surface area contributed by atoms with Gasteiger partial charge in [0.25, 0.3) is 0 Å². The maximum atomic E-state index is 12.0. The molecule has 0 radical (unpaired) electrons. The van der Waals surface area contributed by atoms with E-state index < -0.39 is 5.97 Å². The Hall–Kier alpha value is -2.63. The van der Waals surface area contributed by atoms with Gasteiger partial charge in [-0.25, -0.2) is 4.79 Å². The van der Waals surface area contributed by atoms with E-state index in [1.165, 1.54) is 12.4 Å². The molecule has 6 nitrogen and oxygen atoms in total. The Balaban J connectivity index is 1.39. The third-order valence-electron chi connectivity index (χ3n) is 4.63. The highest BCUT2D eigenvalue weighted by Gasteiger charge is 2.51. The lowest BCUT2D eigenvalue weighted by molar-refractivity contribution is -0.130. The van der Waals surface area contributed by atoms with Gasteiger partial charge in [-0.05, 0) is 23.5 Å². The lowest BCUT2D eigenvalue weighted by atomic mass is 10.1. The van der Waals surface area contributed by atoms with Crippen LogP contribution in [0.3, 0.4) is 0 Å². The molecule has 1 saturated heterocycles. The number of rotatable bonds is 5. The van der Waals surface area contributed by atoms with Crippen molar-refractivity contribution in [2.45, 2.75) is 19.5 Å². The number of benzene rings is 1. The van der Waals surface area contributed by atoms with Gasteiger partial charge in [0.05, 0.1) is 18.3 Å². The van der Waals surface area contributed by atoms with E-state index in [0.717, 1.165) is 24.1 Å². The monoisotopic (exact) mass is 311 g/mol. The summed E-state index contributed by atoms with van der Waals surface area (Å²) in [6, 6.07) is 8.04. The van der Waals surface area contributed by atoms with Crippen LogP contribution in [0.4, 0.5) is 0 Å². The smallest absolute Gasteiger partial charge is 0.338 e. The average molecular weight is 311 g/mol. The molecule has 2 heterocycles. The van der Waals surface area contributed by atoms with Crippen LogP contribution in [-0.2, 0) is 17.9 Å². The summed E-state index contributed by atoms with van der Waals surface area (Å²) in [5, 5.41) is 12.9. The summed E-state index contributed by atoms with van der Waals surface area (Å²) in [6.07, 6.45) is 3.95. The number of aromatic carboxylic acids is 1. The second kappa shape index (κ2) is 5.22. The van der Waals surface area contributed by atoms with Gasteiger partial charge in [-0.15, -0.1) is 0 Å². The van der Waals surface area contributed by atoms with Crippen molar-refractivity contribution in [3.05, 3.63) is 53.3 Å². The molecule has 1 N–H and O–H groups in total. The molecular weight excluding hydrogens is 294 g/mol. The van der Waals surface area contributed by atoms with Crippen LogP contribution in [-0.4, -0.2) is 38.2 Å². The highest BCUT2D eigenvalue weighted by Crippen LogP contribution is 2.46. The Bertz CT molecular complexity index is 766. The van der Waals surface area contributed by atoms with E-state index in [-0.39, 0.29) is 5.56 Å². The average Bonchev–Trinajstić information content (AvgIpc) is 3.02. The van der Waals surface area contributed by atoms with Crippen LogP contribution in [0.15, 0.2) is 36.7 Å². The number of aromatic nitrogens is 2. The molecule has 1 aliphatic heterocycles. The zero-order valence-electron chi connectivity index (χ0n) is 12.6. The van der Waals surface area contributed by atoms with E-state index in [0.29, 0.717) is 30.8 Å². The summed E-state index contributed by atoms with van der Waals surface area (Å²) >= 11 is 0. The molecule has 1 amide bonds. The number of carbonyl (C=O) groups excluding carboxylic acids is 1. The summed E-state index contributed by atoms with van der Waals surface area (Å²) in [7, 11) is 0. The lowest BCUT2D eigenvalue weighted by Gasteiger charge is -2.18. The Morgan fingerprint density at radius 3 is 2.48 bits per heavy atom. The first-order valence-electron chi connectivity index (χ1n) is 7.72. The fourth-order valence-electron chi connectivity index (χ4n) is 3.22. The van der Waals surface area contributed by atoms with Gasteiger partial charge >= 0.3 is 5.97 Å². The van der Waals surface area contributed by atoms with Gasteiger partial charge in [0.15, 0.2) is 0 Å². The van der Waals surface area contributed by atoms with Gasteiger partial charge in [-0.3, -0.25) is 9.48 Å². The van der Waals surface area contributed by atoms with Gasteiger partial charge in [0, 0.05) is 25.2 Å². The molecule has 1 saturated carbocycles. The maximum absolute atomic E-state index is 12.0. The standard InChI is InChI=1S/C17H17N3O3/c21-16-15-5-13(15)9-19(16)7-11-1-3-12(4-2-11)8-20-10-14(6-18-20)17(22)23/h1-4,6,10,13,15H,5,7-9H2,(H,22,23)/t13-,15-/m0/s1. The van der Waals surface area contributed by atoms with Gasteiger partial charge < -0.3 is 10.0 Å². The number of hydrogen-bond acceptors (Lipinski definition) is 3. The van der Waals surface area contributed by atoms with E-state index in [4.69, 9.17) is 5.11 Å². The first kappa shape index (κ1) is 14.0. The molecule has 1 aromatic heterocycles. The van der Waals surface area contributed by atoms with Crippen LogP contribution >= 0.6 is 0 Å². The number of piperidine rings is 1. The summed E-state index contributed by atoms with van der Waals surface area (Å²) < 4.78 is 1.61. The van der Waals surface area contributed by atoms with Crippen LogP contribution in [0.1, 0.15) is 27.9 Å². The SMILES string of the molecule is O=C(O)c1cnn(Cc2ccc(CN3C[C@@H]4C[C@@H]4C3=O)cc2)c1. The third kappa shape index (κ3) is 2.72. The Morgan fingerprint density at radius 1 is 1.22 bits per heavy atom. The number of fused-ring (bicyclic) bond motifs is 1. The Labute approximate surface area is 133 Å². The summed E-state index contributed by atoms with van der Waals surface area (Å²) in [6.45, 7) is 2.11. The molecule has 118 valence electrons. The zero-order valence-corrected chi connectivity index (χ0v) is 12.6. The highest BCUT2D eigenvalue weighted by atomic mass is 16.4. The van der Waals surface area contributed by atoms with Crippen molar-refractivity contribution in [3.8, 4) is 0 Å². The largest absolute Gasteiger partial charge is 0.478 e. The van der Waals surface area contributed by atoms with Crippen LogP contribution in [0.25, 0.3) is 0 Å². The molecule has 4 rings (SSSR count). The van der Waals surface area contributed by atoms with Crippen molar-refractivity contribution in [2.75, 3.05) is 6.54 Å². The maximum Gasteiger partial charge on any atom is 0.338 e. The van der Waals surface area contributed by atoms with Gasteiger partial charge in [-0.2, -0.15) is 5.10 Å². The molecule has 2 atom stereocenters. The molecule has 6 heteroatoms. The third-order valence-corrected chi connectivity index (χ3v) is 4.63. The van der Waals surface area contributed by atoms with Crippen LogP contribution < -0.4 is 0 Å². The van der Waals surface area contributed by atoms with E-state index in [9.17, 15) is 9.59 Å². The van der Waals surface area contributed by atoms with Crippen molar-refractivity contribution < 1.29 is 14.7 Å². The van der Waals surface area contributed by atoms with Crippen LogP contribution in [0.2, 0.25) is 0 Å². The van der Waals surface area contributed by atoms with Crippen molar-refractivity contribution in [2.24, 2.45) is 11.8 Å². The molecule has 2 fully saturated rings. The molecular formula is C17H17N3O3. The van der Waals surface area contributed by atoms with Crippen molar-refractivity contribution in [1.29, 1.82) is 0 Å². The Morgan fingerprint density at radius 2 is 1.91 bits per heavy atom. The number of nitrogens with zero attached hydrogens (tertiary/aromatic N) is 3. The predicted octanol–water partition coefficient (Wildman–Crippen LogP) is 1.61. The van der Waals surface area contributed by atoms with E-state index >= 15 is 0 Å². The number of carboxylic acids is 1. The molecule has 0 unspecified atom stereocenters. The minimum atomic E-state index is -0.972. The quantitative estimate of drug-likeness (QED) is 0.910. The second-order valence-corrected chi connectivity index (χ2v) is 6.37. The zero-order chi connectivity index (χ0) is 16.0. The first-order valence-corrected chi connectivity index (χ1v) is 7.72. The molecule has 2 aliphatic rings. The summed E-state index contributed by atoms with van der Waals surface area (Å²) in [4.78, 5) is 24.8.